The largest absolute Gasteiger partial charge is 0.459 e. The highest BCUT2D eigenvalue weighted by molar-refractivity contribution is 5.89. The van der Waals surface area contributed by atoms with Gasteiger partial charge in [-0.05, 0) is 85.2 Å². The molecule has 6 unspecified atom stereocenters. The maximum Gasteiger partial charge on any atom is 0.338 e. The number of carbonyl (C=O) groups is 2. The molecule has 3 saturated carbocycles. The van der Waals surface area contributed by atoms with E-state index in [-0.39, 0.29) is 28.5 Å². The first-order valence-corrected chi connectivity index (χ1v) is 12.7. The van der Waals surface area contributed by atoms with Crippen molar-refractivity contribution in [3.05, 3.63) is 39.9 Å². The number of nitro groups is 1. The molecule has 4 aliphatic rings. The summed E-state index contributed by atoms with van der Waals surface area (Å²) >= 11 is 0. The van der Waals surface area contributed by atoms with Crippen molar-refractivity contribution in [2.45, 2.75) is 77.9 Å². The minimum Gasteiger partial charge on any atom is -0.459 e. The van der Waals surface area contributed by atoms with E-state index in [0.717, 1.165) is 32.1 Å². The van der Waals surface area contributed by atoms with Gasteiger partial charge < -0.3 is 9.64 Å². The first-order valence-electron chi connectivity index (χ1n) is 12.7. The van der Waals surface area contributed by atoms with Crippen molar-refractivity contribution in [2.24, 2.45) is 34.5 Å². The van der Waals surface area contributed by atoms with Gasteiger partial charge in [0.05, 0.1) is 10.5 Å². The zero-order valence-corrected chi connectivity index (χ0v) is 20.7. The summed E-state index contributed by atoms with van der Waals surface area (Å²) in [5.74, 6) is 2.12. The monoisotopic (exact) mass is 468 g/mol. The fourth-order valence-corrected chi connectivity index (χ4v) is 8.49. The number of ether oxygens (including phenoxy) is 1. The fourth-order valence-electron chi connectivity index (χ4n) is 8.49. The Hall–Kier alpha value is -2.44. The van der Waals surface area contributed by atoms with Crippen molar-refractivity contribution in [2.75, 3.05) is 7.05 Å². The third-order valence-corrected chi connectivity index (χ3v) is 10.2. The van der Waals surface area contributed by atoms with Crippen molar-refractivity contribution in [3.63, 3.8) is 0 Å². The van der Waals surface area contributed by atoms with Gasteiger partial charge in [0, 0.05) is 31.6 Å². The number of nitrogens with zero attached hydrogens (tertiary/aromatic N) is 2. The number of hydrogen-bond donors (Lipinski definition) is 0. The van der Waals surface area contributed by atoms with Crippen LogP contribution < -0.4 is 0 Å². The van der Waals surface area contributed by atoms with Crippen LogP contribution in [-0.2, 0) is 9.53 Å². The summed E-state index contributed by atoms with van der Waals surface area (Å²) < 4.78 is 5.97. The lowest BCUT2D eigenvalue weighted by Crippen LogP contribution is -2.62. The predicted octanol–water partition coefficient (Wildman–Crippen LogP) is 5.23. The van der Waals surface area contributed by atoms with Crippen LogP contribution in [0.3, 0.4) is 0 Å². The Bertz CT molecular complexity index is 1010. The lowest BCUT2D eigenvalue weighted by atomic mass is 9.45. The first kappa shape index (κ1) is 23.3. The number of piperidine rings is 1. The SMILES string of the molecule is CC1CC2N(C)C(=O)CC[C@]2(C)C2CC[C@]3(C)CC(OC(=O)c4ccc([N+](=O)[O-])cc4)CC3C12. The number of rotatable bonds is 3. The van der Waals surface area contributed by atoms with Gasteiger partial charge in [-0.25, -0.2) is 4.79 Å². The molecular weight excluding hydrogens is 432 g/mol. The molecule has 7 heteroatoms. The molecule has 0 aromatic heterocycles. The Morgan fingerprint density at radius 2 is 1.85 bits per heavy atom. The molecule has 1 aromatic rings. The molecule has 0 spiro atoms. The number of likely N-dealkylation sites (tertiary alicyclic amines) is 1. The van der Waals surface area contributed by atoms with Gasteiger partial charge in [0.1, 0.15) is 6.10 Å². The Balaban J connectivity index is 1.33. The van der Waals surface area contributed by atoms with Gasteiger partial charge in [0.25, 0.3) is 5.69 Å². The van der Waals surface area contributed by atoms with Crippen LogP contribution in [0.2, 0.25) is 0 Å². The van der Waals surface area contributed by atoms with Crippen LogP contribution in [0.5, 0.6) is 0 Å². The summed E-state index contributed by atoms with van der Waals surface area (Å²) in [5, 5.41) is 10.9. The average Bonchev–Trinajstić information content (AvgIpc) is 3.14. The second kappa shape index (κ2) is 8.06. The number of non-ortho nitro benzene ring substituents is 1. The Labute approximate surface area is 201 Å². The Morgan fingerprint density at radius 1 is 1.15 bits per heavy atom. The topological polar surface area (TPSA) is 89.8 Å². The predicted molar refractivity (Wildman–Crippen MR) is 127 cm³/mol. The van der Waals surface area contributed by atoms with Gasteiger partial charge in [-0.2, -0.15) is 0 Å². The van der Waals surface area contributed by atoms with E-state index in [1.807, 2.05) is 11.9 Å². The molecule has 1 saturated heterocycles. The molecule has 0 N–H and O–H groups in total. The first-order chi connectivity index (χ1) is 16.0. The number of nitro benzene ring substituents is 1. The molecule has 0 radical (unpaired) electrons. The quantitative estimate of drug-likeness (QED) is 0.344. The van der Waals surface area contributed by atoms with E-state index in [1.54, 1.807) is 0 Å². The molecule has 4 fully saturated rings. The van der Waals surface area contributed by atoms with Crippen LogP contribution in [0.25, 0.3) is 0 Å². The van der Waals surface area contributed by atoms with Gasteiger partial charge in [-0.15, -0.1) is 0 Å². The zero-order chi connectivity index (χ0) is 24.4. The van der Waals surface area contributed by atoms with E-state index in [4.69, 9.17) is 4.74 Å². The normalized spacial score (nSPS) is 41.3. The number of hydrogen-bond acceptors (Lipinski definition) is 5. The number of amides is 1. The highest BCUT2D eigenvalue weighted by atomic mass is 16.6. The van der Waals surface area contributed by atoms with E-state index >= 15 is 0 Å². The summed E-state index contributed by atoms with van der Waals surface area (Å²) in [7, 11) is 1.99. The maximum absolute atomic E-state index is 12.8. The van der Waals surface area contributed by atoms with Crippen molar-refractivity contribution >= 4 is 17.6 Å². The molecular formula is C27H36N2O5. The van der Waals surface area contributed by atoms with Gasteiger partial charge >= 0.3 is 5.97 Å². The second-order valence-corrected chi connectivity index (χ2v) is 12.0. The van der Waals surface area contributed by atoms with Gasteiger partial charge in [0.2, 0.25) is 5.91 Å². The standard InChI is InChI=1S/C27H36N2O5/c1-16-13-22-27(3,12-10-23(30)28(22)4)20-9-11-26(2)15-19(14-21(26)24(16)20)34-25(31)17-5-7-18(8-6-17)29(32)33/h5-8,16,19-22,24H,9-15H2,1-4H3/t16?,19?,20?,21?,22?,24?,26-,27-/m1/s1. The molecule has 184 valence electrons. The van der Waals surface area contributed by atoms with Gasteiger partial charge in [0.15, 0.2) is 0 Å². The van der Waals surface area contributed by atoms with Crippen molar-refractivity contribution < 1.29 is 19.2 Å². The van der Waals surface area contributed by atoms with Crippen LogP contribution >= 0.6 is 0 Å². The van der Waals surface area contributed by atoms with Gasteiger partial charge in [-0.1, -0.05) is 20.8 Å². The molecule has 1 aromatic carbocycles. The third kappa shape index (κ3) is 3.54. The number of fused-ring (bicyclic) bond motifs is 5. The maximum atomic E-state index is 12.8. The molecule has 8 atom stereocenters. The summed E-state index contributed by atoms with van der Waals surface area (Å²) in [5.41, 5.74) is 0.652. The molecule has 5 rings (SSSR count). The summed E-state index contributed by atoms with van der Waals surface area (Å²) in [6.07, 6.45) is 6.65. The van der Waals surface area contributed by atoms with Crippen LogP contribution in [0.1, 0.15) is 76.1 Å². The molecule has 0 bridgehead atoms. The van der Waals surface area contributed by atoms with Crippen LogP contribution in [0.15, 0.2) is 24.3 Å². The number of carbonyl (C=O) groups excluding carboxylic acids is 2. The molecule has 1 amide bonds. The minimum absolute atomic E-state index is 0.0323. The summed E-state index contributed by atoms with van der Waals surface area (Å²) in [6, 6.07) is 5.98. The third-order valence-electron chi connectivity index (χ3n) is 10.2. The fraction of sp³-hybridized carbons (Fsp3) is 0.704. The minimum atomic E-state index is -0.468. The molecule has 3 aliphatic carbocycles. The second-order valence-electron chi connectivity index (χ2n) is 12.0. The highest BCUT2D eigenvalue weighted by Gasteiger charge is 2.62. The molecule has 1 aliphatic heterocycles. The highest BCUT2D eigenvalue weighted by Crippen LogP contribution is 2.66. The van der Waals surface area contributed by atoms with E-state index in [1.165, 1.54) is 30.7 Å². The number of esters is 1. The Morgan fingerprint density at radius 3 is 2.53 bits per heavy atom. The zero-order valence-electron chi connectivity index (χ0n) is 20.7. The summed E-state index contributed by atoms with van der Waals surface area (Å²) in [6.45, 7) is 7.17. The van der Waals surface area contributed by atoms with E-state index in [9.17, 15) is 19.7 Å². The van der Waals surface area contributed by atoms with Crippen LogP contribution in [-0.4, -0.2) is 40.9 Å². The number of benzene rings is 1. The van der Waals surface area contributed by atoms with E-state index < -0.39 is 10.9 Å². The molecule has 1 heterocycles. The van der Waals surface area contributed by atoms with E-state index in [0.29, 0.717) is 41.7 Å². The summed E-state index contributed by atoms with van der Waals surface area (Å²) in [4.78, 5) is 37.7. The van der Waals surface area contributed by atoms with E-state index in [2.05, 4.69) is 20.8 Å². The van der Waals surface area contributed by atoms with Crippen LogP contribution in [0.4, 0.5) is 5.69 Å². The molecule has 34 heavy (non-hydrogen) atoms. The lowest BCUT2D eigenvalue weighted by Gasteiger charge is -2.63. The Kier molecular flexibility index (Phi) is 5.53. The van der Waals surface area contributed by atoms with Crippen LogP contribution in [0, 0.1) is 44.6 Å². The molecule has 7 nitrogen and oxygen atoms in total. The van der Waals surface area contributed by atoms with Crippen molar-refractivity contribution in [1.29, 1.82) is 0 Å². The van der Waals surface area contributed by atoms with Crippen molar-refractivity contribution in [3.8, 4) is 0 Å². The smallest absolute Gasteiger partial charge is 0.338 e. The van der Waals surface area contributed by atoms with Gasteiger partial charge in [-0.3, -0.25) is 14.9 Å². The lowest BCUT2D eigenvalue weighted by molar-refractivity contribution is -0.384. The average molecular weight is 469 g/mol. The van der Waals surface area contributed by atoms with Crippen molar-refractivity contribution in [1.82, 2.24) is 4.90 Å².